The first-order chi connectivity index (χ1) is 6.81. The lowest BCUT2D eigenvalue weighted by Gasteiger charge is -2.00. The molecule has 0 spiro atoms. The fourth-order valence-corrected chi connectivity index (χ4v) is 1.24. The molecule has 2 rings (SSSR count). The summed E-state index contributed by atoms with van der Waals surface area (Å²) in [5.41, 5.74) is 6.09. The van der Waals surface area contributed by atoms with E-state index in [0.717, 1.165) is 0 Å². The molecule has 2 aromatic heterocycles. The molecule has 5 heteroatoms. The predicted molar refractivity (Wildman–Crippen MR) is 52.6 cm³/mol. The van der Waals surface area contributed by atoms with Crippen LogP contribution in [0.1, 0.15) is 5.69 Å². The molecule has 2 N–H and O–H groups in total. The molecule has 2 aromatic rings. The smallest absolute Gasteiger partial charge is 0.195 e. The summed E-state index contributed by atoms with van der Waals surface area (Å²) in [6.07, 6.45) is 3.09. The third kappa shape index (κ3) is 1.62. The summed E-state index contributed by atoms with van der Waals surface area (Å²) in [4.78, 5) is 8.21. The van der Waals surface area contributed by atoms with Crippen molar-refractivity contribution in [1.82, 2.24) is 9.97 Å². The second-order valence-electron chi connectivity index (χ2n) is 2.67. The van der Waals surface area contributed by atoms with Gasteiger partial charge in [-0.2, -0.15) is 0 Å². The highest BCUT2D eigenvalue weighted by Gasteiger charge is 2.07. The number of nitrogens with zero attached hydrogens (tertiary/aromatic N) is 2. The van der Waals surface area contributed by atoms with E-state index in [2.05, 4.69) is 9.97 Å². The summed E-state index contributed by atoms with van der Waals surface area (Å²) < 4.78 is 5.15. The molecule has 0 aliphatic rings. The highest BCUT2D eigenvalue weighted by molar-refractivity contribution is 6.31. The van der Waals surface area contributed by atoms with Gasteiger partial charge in [-0.25, -0.2) is 9.97 Å². The Bertz CT molecular complexity index is 428. The predicted octanol–water partition coefficient (Wildman–Crippen LogP) is 1.85. The lowest BCUT2D eigenvalue weighted by molar-refractivity contribution is 0.576. The quantitative estimate of drug-likeness (QED) is 0.820. The summed E-state index contributed by atoms with van der Waals surface area (Å²) in [7, 11) is 0. The topological polar surface area (TPSA) is 64.9 Å². The molecule has 14 heavy (non-hydrogen) atoms. The average Bonchev–Trinajstić information content (AvgIpc) is 2.71. The minimum atomic E-state index is 0.287. The van der Waals surface area contributed by atoms with Gasteiger partial charge in [0.25, 0.3) is 0 Å². The number of rotatable bonds is 2. The first kappa shape index (κ1) is 9.18. The zero-order valence-corrected chi connectivity index (χ0v) is 8.03. The van der Waals surface area contributed by atoms with Gasteiger partial charge in [-0.15, -0.1) is 0 Å². The van der Waals surface area contributed by atoms with Gasteiger partial charge in [-0.3, -0.25) is 0 Å². The minimum absolute atomic E-state index is 0.287. The van der Waals surface area contributed by atoms with Gasteiger partial charge in [0.15, 0.2) is 11.6 Å². The SMILES string of the molecule is NCc1nc(-c2ccco2)ncc1Cl. The van der Waals surface area contributed by atoms with E-state index in [1.54, 1.807) is 18.4 Å². The summed E-state index contributed by atoms with van der Waals surface area (Å²) >= 11 is 5.82. The Morgan fingerprint density at radius 2 is 2.36 bits per heavy atom. The molecule has 0 aliphatic carbocycles. The van der Waals surface area contributed by atoms with E-state index in [1.165, 1.54) is 6.20 Å². The number of halogens is 1. The molecule has 0 saturated heterocycles. The first-order valence-electron chi connectivity index (χ1n) is 4.06. The van der Waals surface area contributed by atoms with Crippen molar-refractivity contribution in [3.8, 4) is 11.6 Å². The van der Waals surface area contributed by atoms with Gasteiger partial charge in [-0.05, 0) is 12.1 Å². The molecule has 0 aromatic carbocycles. The van der Waals surface area contributed by atoms with Crippen LogP contribution in [0.2, 0.25) is 5.02 Å². The number of hydrogen-bond donors (Lipinski definition) is 1. The highest BCUT2D eigenvalue weighted by atomic mass is 35.5. The number of hydrogen-bond acceptors (Lipinski definition) is 4. The molecule has 0 radical (unpaired) electrons. The highest BCUT2D eigenvalue weighted by Crippen LogP contribution is 2.18. The molecular formula is C9H8ClN3O. The van der Waals surface area contributed by atoms with E-state index in [-0.39, 0.29) is 6.54 Å². The zero-order valence-electron chi connectivity index (χ0n) is 7.27. The Morgan fingerprint density at radius 1 is 1.50 bits per heavy atom. The fraction of sp³-hybridized carbons (Fsp3) is 0.111. The van der Waals surface area contributed by atoms with Crippen LogP contribution in [0.4, 0.5) is 0 Å². The van der Waals surface area contributed by atoms with E-state index in [0.29, 0.717) is 22.3 Å². The van der Waals surface area contributed by atoms with Crippen molar-refractivity contribution in [3.05, 3.63) is 35.3 Å². The molecule has 2 heterocycles. The van der Waals surface area contributed by atoms with Crippen LogP contribution in [0.15, 0.2) is 29.0 Å². The molecule has 0 aliphatic heterocycles. The van der Waals surface area contributed by atoms with Crippen molar-refractivity contribution in [2.24, 2.45) is 5.73 Å². The van der Waals surface area contributed by atoms with Crippen molar-refractivity contribution in [3.63, 3.8) is 0 Å². The van der Waals surface area contributed by atoms with Gasteiger partial charge in [0.2, 0.25) is 0 Å². The maximum atomic E-state index is 5.82. The summed E-state index contributed by atoms with van der Waals surface area (Å²) in [5.74, 6) is 1.11. The monoisotopic (exact) mass is 209 g/mol. The molecule has 4 nitrogen and oxygen atoms in total. The largest absolute Gasteiger partial charge is 0.461 e. The molecule has 0 unspecified atom stereocenters. The first-order valence-corrected chi connectivity index (χ1v) is 4.44. The van der Waals surface area contributed by atoms with Gasteiger partial charge in [0, 0.05) is 6.54 Å². The van der Waals surface area contributed by atoms with Crippen LogP contribution in [0.25, 0.3) is 11.6 Å². The Kier molecular flexibility index (Phi) is 2.47. The lowest BCUT2D eigenvalue weighted by atomic mass is 10.3. The van der Waals surface area contributed by atoms with Gasteiger partial charge in [0.1, 0.15) is 0 Å². The van der Waals surface area contributed by atoms with E-state index in [1.807, 2.05) is 0 Å². The average molecular weight is 210 g/mol. The van der Waals surface area contributed by atoms with Crippen LogP contribution >= 0.6 is 11.6 Å². The normalized spacial score (nSPS) is 10.4. The summed E-state index contributed by atoms with van der Waals surface area (Å²) in [5, 5.41) is 0.475. The Morgan fingerprint density at radius 3 is 3.00 bits per heavy atom. The minimum Gasteiger partial charge on any atom is -0.461 e. The van der Waals surface area contributed by atoms with Gasteiger partial charge >= 0.3 is 0 Å². The second-order valence-corrected chi connectivity index (χ2v) is 3.08. The van der Waals surface area contributed by atoms with E-state index >= 15 is 0 Å². The van der Waals surface area contributed by atoms with Crippen molar-refractivity contribution < 1.29 is 4.42 Å². The van der Waals surface area contributed by atoms with E-state index < -0.39 is 0 Å². The van der Waals surface area contributed by atoms with Crippen LogP contribution in [0.3, 0.4) is 0 Å². The van der Waals surface area contributed by atoms with Crippen molar-refractivity contribution in [2.45, 2.75) is 6.54 Å². The maximum Gasteiger partial charge on any atom is 0.195 e. The third-order valence-electron chi connectivity index (χ3n) is 1.75. The lowest BCUT2D eigenvalue weighted by Crippen LogP contribution is -2.02. The van der Waals surface area contributed by atoms with E-state index in [9.17, 15) is 0 Å². The fourth-order valence-electron chi connectivity index (χ4n) is 1.07. The maximum absolute atomic E-state index is 5.82. The van der Waals surface area contributed by atoms with E-state index in [4.69, 9.17) is 21.8 Å². The van der Waals surface area contributed by atoms with Crippen LogP contribution in [0.5, 0.6) is 0 Å². The molecule has 0 fully saturated rings. The Labute approximate surface area is 85.7 Å². The number of aromatic nitrogens is 2. The summed E-state index contributed by atoms with van der Waals surface area (Å²) in [6, 6.07) is 3.55. The van der Waals surface area contributed by atoms with Gasteiger partial charge < -0.3 is 10.2 Å². The Balaban J connectivity index is 2.46. The zero-order chi connectivity index (χ0) is 9.97. The second kappa shape index (κ2) is 3.77. The van der Waals surface area contributed by atoms with Crippen LogP contribution in [-0.2, 0) is 6.54 Å². The molecule has 0 bridgehead atoms. The summed E-state index contributed by atoms with van der Waals surface area (Å²) in [6.45, 7) is 0.287. The van der Waals surface area contributed by atoms with Crippen molar-refractivity contribution >= 4 is 11.6 Å². The third-order valence-corrected chi connectivity index (χ3v) is 2.07. The van der Waals surface area contributed by atoms with Crippen LogP contribution in [0, 0.1) is 0 Å². The number of furan rings is 1. The standard InChI is InChI=1S/C9H8ClN3O/c10-6-5-12-9(13-7(6)4-11)8-2-1-3-14-8/h1-3,5H,4,11H2. The number of nitrogens with two attached hydrogens (primary N) is 1. The van der Waals surface area contributed by atoms with Gasteiger partial charge in [0.05, 0.1) is 23.2 Å². The van der Waals surface area contributed by atoms with Crippen LogP contribution in [-0.4, -0.2) is 9.97 Å². The van der Waals surface area contributed by atoms with Crippen LogP contribution < -0.4 is 5.73 Å². The Hall–Kier alpha value is -1.39. The molecule has 0 atom stereocenters. The molecule has 0 saturated carbocycles. The van der Waals surface area contributed by atoms with Crippen molar-refractivity contribution in [2.75, 3.05) is 0 Å². The molecule has 0 amide bonds. The van der Waals surface area contributed by atoms with Crippen molar-refractivity contribution in [1.29, 1.82) is 0 Å². The molecular weight excluding hydrogens is 202 g/mol. The molecule has 72 valence electrons. The van der Waals surface area contributed by atoms with Gasteiger partial charge in [-0.1, -0.05) is 11.6 Å².